The van der Waals surface area contributed by atoms with Gasteiger partial charge < -0.3 is 15.2 Å². The van der Waals surface area contributed by atoms with E-state index in [-0.39, 0.29) is 5.91 Å². The van der Waals surface area contributed by atoms with Crippen molar-refractivity contribution in [2.75, 3.05) is 12.4 Å². The lowest BCUT2D eigenvalue weighted by Gasteiger charge is -2.29. The monoisotopic (exact) mass is 331 g/mol. The van der Waals surface area contributed by atoms with Gasteiger partial charge in [-0.3, -0.25) is 9.59 Å². The van der Waals surface area contributed by atoms with Crippen LogP contribution in [0.1, 0.15) is 37.0 Å². The molecule has 2 N–H and O–H groups in total. The molecule has 2 rings (SSSR count). The zero-order valence-corrected chi connectivity index (χ0v) is 14.0. The number of methoxy groups -OCH3 is 1. The molecule has 0 bridgehead atoms. The maximum absolute atomic E-state index is 12.5. The molecule has 0 aliphatic heterocycles. The first-order chi connectivity index (χ1) is 11.3. The minimum atomic E-state index is -0.956. The topological polar surface area (TPSA) is 92.7 Å². The smallest absolute Gasteiger partial charge is 0.337 e. The van der Waals surface area contributed by atoms with Gasteiger partial charge in [0.15, 0.2) is 0 Å². The van der Waals surface area contributed by atoms with Crippen LogP contribution in [0.4, 0.5) is 5.69 Å². The van der Waals surface area contributed by atoms with E-state index in [1.54, 1.807) is 24.3 Å². The van der Waals surface area contributed by atoms with Gasteiger partial charge >= 0.3 is 11.9 Å². The second-order valence-electron chi connectivity index (χ2n) is 6.08. The molecule has 2 unspecified atom stereocenters. The van der Waals surface area contributed by atoms with Crippen LogP contribution in [0.3, 0.4) is 0 Å². The Morgan fingerprint density at radius 3 is 2.08 bits per heavy atom. The van der Waals surface area contributed by atoms with E-state index in [0.717, 1.165) is 11.1 Å². The highest BCUT2D eigenvalue weighted by Crippen LogP contribution is 2.35. The second kappa shape index (κ2) is 7.29. The van der Waals surface area contributed by atoms with Crippen molar-refractivity contribution in [2.24, 2.45) is 11.8 Å². The van der Waals surface area contributed by atoms with Crippen LogP contribution in [-0.4, -0.2) is 30.1 Å². The van der Waals surface area contributed by atoms with Gasteiger partial charge in [0.25, 0.3) is 0 Å². The molecule has 1 aliphatic carbocycles. The number of carbonyl (C=O) groups excluding carboxylic acids is 2. The number of amides is 1. The van der Waals surface area contributed by atoms with E-state index < -0.39 is 23.8 Å². The number of carbonyl (C=O) groups is 3. The molecular formula is C18H21NO5. The van der Waals surface area contributed by atoms with Crippen LogP contribution in [0.5, 0.6) is 0 Å². The summed E-state index contributed by atoms with van der Waals surface area (Å²) in [5, 5.41) is 12.1. The Morgan fingerprint density at radius 2 is 1.58 bits per heavy atom. The summed E-state index contributed by atoms with van der Waals surface area (Å²) in [6.45, 7) is 3.84. The van der Waals surface area contributed by atoms with Gasteiger partial charge in [0.2, 0.25) is 5.91 Å². The summed E-state index contributed by atoms with van der Waals surface area (Å²) in [6.07, 6.45) is 0.829. The maximum Gasteiger partial charge on any atom is 0.337 e. The Bertz CT molecular complexity index is 690. The molecule has 0 radical (unpaired) electrons. The van der Waals surface area contributed by atoms with E-state index in [9.17, 15) is 19.5 Å². The molecule has 6 nitrogen and oxygen atoms in total. The summed E-state index contributed by atoms with van der Waals surface area (Å²) in [5.41, 5.74) is 2.99. The first kappa shape index (κ1) is 17.7. The van der Waals surface area contributed by atoms with Gasteiger partial charge in [-0.25, -0.2) is 4.79 Å². The number of nitrogens with one attached hydrogen (secondary N) is 1. The lowest BCUT2D eigenvalue weighted by Crippen LogP contribution is -2.36. The predicted molar refractivity (Wildman–Crippen MR) is 88.6 cm³/mol. The molecule has 0 heterocycles. The van der Waals surface area contributed by atoms with Crippen molar-refractivity contribution < 1.29 is 24.2 Å². The zero-order valence-electron chi connectivity index (χ0n) is 14.0. The number of aliphatic carboxylic acids is 1. The third kappa shape index (κ3) is 3.82. The second-order valence-corrected chi connectivity index (χ2v) is 6.08. The van der Waals surface area contributed by atoms with Gasteiger partial charge in [-0.15, -0.1) is 0 Å². The van der Waals surface area contributed by atoms with E-state index in [4.69, 9.17) is 0 Å². The normalized spacial score (nSPS) is 20.5. The quantitative estimate of drug-likeness (QED) is 0.654. The third-order valence-electron chi connectivity index (χ3n) is 4.49. The van der Waals surface area contributed by atoms with Crippen LogP contribution >= 0.6 is 0 Å². The Hall–Kier alpha value is -2.63. The fourth-order valence-electron chi connectivity index (χ4n) is 2.87. The van der Waals surface area contributed by atoms with Gasteiger partial charge in [0.05, 0.1) is 24.5 Å². The number of anilines is 1. The molecule has 0 saturated carbocycles. The fourth-order valence-corrected chi connectivity index (χ4v) is 2.87. The fraction of sp³-hybridized carbons (Fsp3) is 0.389. The van der Waals surface area contributed by atoms with Crippen molar-refractivity contribution in [1.82, 2.24) is 0 Å². The lowest BCUT2D eigenvalue weighted by molar-refractivity contribution is -0.146. The molecular weight excluding hydrogens is 310 g/mol. The highest BCUT2D eigenvalue weighted by molar-refractivity contribution is 5.96. The molecule has 6 heteroatoms. The highest BCUT2D eigenvalue weighted by Gasteiger charge is 2.37. The van der Waals surface area contributed by atoms with Crippen LogP contribution < -0.4 is 5.32 Å². The summed E-state index contributed by atoms with van der Waals surface area (Å²) >= 11 is 0. The summed E-state index contributed by atoms with van der Waals surface area (Å²) in [4.78, 5) is 35.4. The number of ether oxygens (including phenoxy) is 1. The summed E-state index contributed by atoms with van der Waals surface area (Å²) in [5.74, 6) is -3.06. The molecule has 1 aliphatic rings. The first-order valence-corrected chi connectivity index (χ1v) is 7.70. The highest BCUT2D eigenvalue weighted by atomic mass is 16.5. The molecule has 0 aromatic heterocycles. The van der Waals surface area contributed by atoms with Crippen LogP contribution in [0.2, 0.25) is 0 Å². The number of benzene rings is 1. The van der Waals surface area contributed by atoms with Crippen LogP contribution in [0.25, 0.3) is 0 Å². The molecule has 1 aromatic rings. The van der Waals surface area contributed by atoms with Crippen LogP contribution in [0, 0.1) is 11.8 Å². The van der Waals surface area contributed by atoms with Crippen molar-refractivity contribution in [3.8, 4) is 0 Å². The first-order valence-electron chi connectivity index (χ1n) is 7.70. The Morgan fingerprint density at radius 1 is 1.04 bits per heavy atom. The largest absolute Gasteiger partial charge is 0.481 e. The molecule has 1 amide bonds. The minimum Gasteiger partial charge on any atom is -0.481 e. The number of allylic oxidation sites excluding steroid dienone is 2. The Labute approximate surface area is 140 Å². The van der Waals surface area contributed by atoms with E-state index in [2.05, 4.69) is 10.1 Å². The molecule has 1 aromatic carbocycles. The number of hydrogen-bond donors (Lipinski definition) is 2. The van der Waals surface area contributed by atoms with Crippen molar-refractivity contribution in [1.29, 1.82) is 0 Å². The van der Waals surface area contributed by atoms with E-state index in [1.807, 2.05) is 13.8 Å². The van der Waals surface area contributed by atoms with E-state index in [0.29, 0.717) is 24.1 Å². The molecule has 0 spiro atoms. The summed E-state index contributed by atoms with van der Waals surface area (Å²) in [6, 6.07) is 6.28. The van der Waals surface area contributed by atoms with Crippen LogP contribution in [-0.2, 0) is 14.3 Å². The molecule has 128 valence electrons. The van der Waals surface area contributed by atoms with Crippen molar-refractivity contribution in [3.63, 3.8) is 0 Å². The van der Waals surface area contributed by atoms with Gasteiger partial charge in [-0.05, 0) is 51.0 Å². The van der Waals surface area contributed by atoms with Gasteiger partial charge in [0, 0.05) is 5.69 Å². The van der Waals surface area contributed by atoms with Crippen LogP contribution in [0.15, 0.2) is 35.4 Å². The van der Waals surface area contributed by atoms with Crippen molar-refractivity contribution in [3.05, 3.63) is 41.0 Å². The number of rotatable bonds is 4. The standard InChI is InChI=1S/C18H21NO5/c1-10-8-14(15(17(21)22)9-11(10)2)16(20)19-13-6-4-12(5-7-13)18(23)24-3/h4-7,14-15H,8-9H2,1-3H3,(H,19,20)(H,21,22). The molecule has 24 heavy (non-hydrogen) atoms. The SMILES string of the molecule is COC(=O)c1ccc(NC(=O)C2CC(C)=C(C)CC2C(=O)O)cc1. The lowest BCUT2D eigenvalue weighted by atomic mass is 9.76. The summed E-state index contributed by atoms with van der Waals surface area (Å²) in [7, 11) is 1.30. The van der Waals surface area contributed by atoms with Crippen molar-refractivity contribution in [2.45, 2.75) is 26.7 Å². The summed E-state index contributed by atoms with van der Waals surface area (Å²) < 4.78 is 4.62. The molecule has 0 fully saturated rings. The third-order valence-corrected chi connectivity index (χ3v) is 4.49. The van der Waals surface area contributed by atoms with Gasteiger partial charge in [0.1, 0.15) is 0 Å². The van der Waals surface area contributed by atoms with E-state index in [1.165, 1.54) is 7.11 Å². The molecule has 2 atom stereocenters. The minimum absolute atomic E-state index is 0.319. The zero-order chi connectivity index (χ0) is 17.9. The number of carboxylic acids is 1. The molecule has 0 saturated heterocycles. The number of carboxylic acid groups (broad SMARTS) is 1. The average Bonchev–Trinajstić information content (AvgIpc) is 2.56. The maximum atomic E-state index is 12.5. The Kier molecular flexibility index (Phi) is 5.39. The van der Waals surface area contributed by atoms with E-state index >= 15 is 0 Å². The average molecular weight is 331 g/mol. The van der Waals surface area contributed by atoms with Crippen molar-refractivity contribution >= 4 is 23.5 Å². The predicted octanol–water partition coefficient (Wildman–Crippen LogP) is 2.86. The van der Waals surface area contributed by atoms with Gasteiger partial charge in [-0.1, -0.05) is 11.1 Å². The van der Waals surface area contributed by atoms with Gasteiger partial charge in [-0.2, -0.15) is 0 Å². The Balaban J connectivity index is 2.13. The number of esters is 1. The number of hydrogen-bond acceptors (Lipinski definition) is 4.